The number of nitrogens with one attached hydrogen (secondary N) is 1. The SMILES string of the molecule is O=C(Nc1ccccc1[N+](=O)[O-])c1ccc2c(c1)OCCCO2. The Morgan fingerprint density at radius 1 is 1.09 bits per heavy atom. The van der Waals surface area contributed by atoms with Gasteiger partial charge >= 0.3 is 0 Å². The summed E-state index contributed by atoms with van der Waals surface area (Å²) in [6, 6.07) is 10.8. The number of nitro benzene ring substituents is 1. The van der Waals surface area contributed by atoms with Crippen LogP contribution in [0.25, 0.3) is 0 Å². The Labute approximate surface area is 132 Å². The van der Waals surface area contributed by atoms with E-state index >= 15 is 0 Å². The van der Waals surface area contributed by atoms with Crippen LogP contribution in [0.15, 0.2) is 42.5 Å². The maximum Gasteiger partial charge on any atom is 0.292 e. The van der Waals surface area contributed by atoms with Gasteiger partial charge in [-0.1, -0.05) is 12.1 Å². The van der Waals surface area contributed by atoms with Gasteiger partial charge in [-0.15, -0.1) is 0 Å². The Hall–Kier alpha value is -3.09. The monoisotopic (exact) mass is 314 g/mol. The summed E-state index contributed by atoms with van der Waals surface area (Å²) in [6.07, 6.45) is 0.770. The topological polar surface area (TPSA) is 90.7 Å². The van der Waals surface area contributed by atoms with E-state index in [1.54, 1.807) is 30.3 Å². The maximum absolute atomic E-state index is 12.3. The van der Waals surface area contributed by atoms with Crippen LogP contribution < -0.4 is 14.8 Å². The normalized spacial score (nSPS) is 13.0. The first-order valence-electron chi connectivity index (χ1n) is 7.09. The lowest BCUT2D eigenvalue weighted by molar-refractivity contribution is -0.383. The molecule has 2 aromatic carbocycles. The Bertz CT molecular complexity index is 760. The quantitative estimate of drug-likeness (QED) is 0.694. The van der Waals surface area contributed by atoms with Crippen molar-refractivity contribution < 1.29 is 19.2 Å². The number of ether oxygens (including phenoxy) is 2. The third-order valence-electron chi connectivity index (χ3n) is 3.36. The highest BCUT2D eigenvalue weighted by atomic mass is 16.6. The summed E-state index contributed by atoms with van der Waals surface area (Å²) >= 11 is 0. The average Bonchev–Trinajstić information content (AvgIpc) is 2.79. The maximum atomic E-state index is 12.3. The van der Waals surface area contributed by atoms with Crippen molar-refractivity contribution in [2.75, 3.05) is 18.5 Å². The van der Waals surface area contributed by atoms with Gasteiger partial charge in [0.15, 0.2) is 11.5 Å². The number of benzene rings is 2. The zero-order valence-corrected chi connectivity index (χ0v) is 12.2. The molecule has 1 amide bonds. The first-order valence-corrected chi connectivity index (χ1v) is 7.09. The Balaban J connectivity index is 1.84. The molecule has 0 radical (unpaired) electrons. The fourth-order valence-electron chi connectivity index (χ4n) is 2.24. The number of nitrogens with zero attached hydrogens (tertiary/aromatic N) is 1. The van der Waals surface area contributed by atoms with Gasteiger partial charge in [0.2, 0.25) is 0 Å². The van der Waals surface area contributed by atoms with E-state index in [4.69, 9.17) is 9.47 Å². The molecule has 1 N–H and O–H groups in total. The van der Waals surface area contributed by atoms with Gasteiger partial charge in [0.1, 0.15) is 5.69 Å². The smallest absolute Gasteiger partial charge is 0.292 e. The summed E-state index contributed by atoms with van der Waals surface area (Å²) in [5.74, 6) is 0.636. The van der Waals surface area contributed by atoms with Gasteiger partial charge < -0.3 is 14.8 Å². The van der Waals surface area contributed by atoms with Crippen molar-refractivity contribution in [1.29, 1.82) is 0 Å². The van der Waals surface area contributed by atoms with E-state index in [1.165, 1.54) is 12.1 Å². The molecule has 0 fully saturated rings. The Kier molecular flexibility index (Phi) is 4.09. The summed E-state index contributed by atoms with van der Waals surface area (Å²) in [6.45, 7) is 1.08. The van der Waals surface area contributed by atoms with Crippen LogP contribution in [0.2, 0.25) is 0 Å². The first kappa shape index (κ1) is 14.8. The van der Waals surface area contributed by atoms with Crippen molar-refractivity contribution in [1.82, 2.24) is 0 Å². The van der Waals surface area contributed by atoms with E-state index in [9.17, 15) is 14.9 Å². The molecule has 0 spiro atoms. The van der Waals surface area contributed by atoms with Gasteiger partial charge in [0, 0.05) is 18.1 Å². The summed E-state index contributed by atoms with van der Waals surface area (Å²) in [5.41, 5.74) is 0.331. The number of fused-ring (bicyclic) bond motifs is 1. The molecule has 0 saturated heterocycles. The molecule has 23 heavy (non-hydrogen) atoms. The van der Waals surface area contributed by atoms with Gasteiger partial charge in [-0.2, -0.15) is 0 Å². The number of para-hydroxylation sites is 2. The summed E-state index contributed by atoms with van der Waals surface area (Å²) < 4.78 is 11.0. The van der Waals surface area contributed by atoms with Crippen LogP contribution in [-0.4, -0.2) is 24.0 Å². The lowest BCUT2D eigenvalue weighted by Crippen LogP contribution is -2.13. The average molecular weight is 314 g/mol. The molecule has 0 unspecified atom stereocenters. The van der Waals surface area contributed by atoms with Crippen LogP contribution in [0.3, 0.4) is 0 Å². The number of hydrogen-bond donors (Lipinski definition) is 1. The number of carbonyl (C=O) groups excluding carboxylic acids is 1. The highest BCUT2D eigenvalue weighted by Gasteiger charge is 2.18. The molecule has 0 aromatic heterocycles. The third-order valence-corrected chi connectivity index (χ3v) is 3.36. The lowest BCUT2D eigenvalue weighted by Gasteiger charge is -2.10. The van der Waals surface area contributed by atoms with Crippen molar-refractivity contribution in [3.05, 3.63) is 58.1 Å². The zero-order chi connectivity index (χ0) is 16.2. The number of nitro groups is 1. The first-order chi connectivity index (χ1) is 11.1. The predicted molar refractivity (Wildman–Crippen MR) is 83.1 cm³/mol. The molecule has 118 valence electrons. The van der Waals surface area contributed by atoms with Crippen LogP contribution in [0.4, 0.5) is 11.4 Å². The van der Waals surface area contributed by atoms with Crippen molar-refractivity contribution >= 4 is 17.3 Å². The number of hydrogen-bond acceptors (Lipinski definition) is 5. The van der Waals surface area contributed by atoms with Gasteiger partial charge in [-0.25, -0.2) is 0 Å². The van der Waals surface area contributed by atoms with Crippen LogP contribution in [0.1, 0.15) is 16.8 Å². The lowest BCUT2D eigenvalue weighted by atomic mass is 10.1. The highest BCUT2D eigenvalue weighted by Crippen LogP contribution is 2.31. The van der Waals surface area contributed by atoms with Crippen molar-refractivity contribution in [3.8, 4) is 11.5 Å². The van der Waals surface area contributed by atoms with Gasteiger partial charge in [-0.05, 0) is 24.3 Å². The van der Waals surface area contributed by atoms with E-state index in [2.05, 4.69) is 5.32 Å². The fraction of sp³-hybridized carbons (Fsp3) is 0.188. The molecule has 2 aromatic rings. The number of carbonyl (C=O) groups is 1. The van der Waals surface area contributed by atoms with E-state index in [0.29, 0.717) is 30.3 Å². The molecule has 1 aliphatic heterocycles. The standard InChI is InChI=1S/C16H14N2O5/c19-16(17-12-4-1-2-5-13(12)18(20)21)11-6-7-14-15(10-11)23-9-3-8-22-14/h1-2,4-7,10H,3,8-9H2,(H,17,19). The third kappa shape index (κ3) is 3.23. The molecule has 3 rings (SSSR count). The van der Waals surface area contributed by atoms with Gasteiger partial charge in [0.25, 0.3) is 11.6 Å². The fourth-order valence-corrected chi connectivity index (χ4v) is 2.24. The molecule has 0 aliphatic carbocycles. The predicted octanol–water partition coefficient (Wildman–Crippen LogP) is 3.01. The second-order valence-corrected chi connectivity index (χ2v) is 4.94. The molecule has 1 heterocycles. The highest BCUT2D eigenvalue weighted by molar-refractivity contribution is 6.05. The van der Waals surface area contributed by atoms with E-state index in [-0.39, 0.29) is 11.4 Å². The molecule has 7 heteroatoms. The van der Waals surface area contributed by atoms with Crippen LogP contribution in [0, 0.1) is 10.1 Å². The van der Waals surface area contributed by atoms with E-state index in [1.807, 2.05) is 0 Å². The Morgan fingerprint density at radius 2 is 1.83 bits per heavy atom. The molecular formula is C16H14N2O5. The van der Waals surface area contributed by atoms with Crippen LogP contribution >= 0.6 is 0 Å². The molecule has 0 saturated carbocycles. The van der Waals surface area contributed by atoms with Crippen molar-refractivity contribution in [2.45, 2.75) is 6.42 Å². The zero-order valence-electron chi connectivity index (χ0n) is 12.2. The van der Waals surface area contributed by atoms with Crippen molar-refractivity contribution in [3.63, 3.8) is 0 Å². The van der Waals surface area contributed by atoms with Gasteiger partial charge in [0.05, 0.1) is 18.1 Å². The summed E-state index contributed by atoms with van der Waals surface area (Å²) in [7, 11) is 0. The number of rotatable bonds is 3. The minimum Gasteiger partial charge on any atom is -0.490 e. The Morgan fingerprint density at radius 3 is 2.61 bits per heavy atom. The minimum atomic E-state index is -0.538. The number of amides is 1. The summed E-state index contributed by atoms with van der Waals surface area (Å²) in [4.78, 5) is 22.8. The number of anilines is 1. The second-order valence-electron chi connectivity index (χ2n) is 4.94. The van der Waals surface area contributed by atoms with Crippen LogP contribution in [0.5, 0.6) is 11.5 Å². The molecular weight excluding hydrogens is 300 g/mol. The van der Waals surface area contributed by atoms with Crippen molar-refractivity contribution in [2.24, 2.45) is 0 Å². The minimum absolute atomic E-state index is 0.148. The molecule has 0 atom stereocenters. The summed E-state index contributed by atoms with van der Waals surface area (Å²) in [5, 5.41) is 13.5. The molecule has 1 aliphatic rings. The molecule has 0 bridgehead atoms. The van der Waals surface area contributed by atoms with E-state index in [0.717, 1.165) is 6.42 Å². The van der Waals surface area contributed by atoms with E-state index < -0.39 is 10.8 Å². The largest absolute Gasteiger partial charge is 0.490 e. The van der Waals surface area contributed by atoms with Crippen LogP contribution in [-0.2, 0) is 0 Å². The van der Waals surface area contributed by atoms with Gasteiger partial charge in [-0.3, -0.25) is 14.9 Å². The second kappa shape index (κ2) is 6.35. The molecule has 7 nitrogen and oxygen atoms in total.